The summed E-state index contributed by atoms with van der Waals surface area (Å²) in [6.07, 6.45) is 0.712. The Morgan fingerprint density at radius 1 is 0.969 bits per heavy atom. The number of aryl methyl sites for hydroxylation is 2. The number of carbonyl (C=O) groups is 1. The SMILES string of the molecule is COc1cc2c(cc1OC)CN(C(=O)Cc1c(C)c3ccc(OC)c(C)c3oc1=O)CC2. The van der Waals surface area contributed by atoms with Gasteiger partial charge < -0.3 is 23.5 Å². The fraction of sp³-hybridized carbons (Fsp3) is 0.360. The fourth-order valence-electron chi connectivity index (χ4n) is 4.36. The number of benzene rings is 2. The molecule has 0 unspecified atom stereocenters. The number of methoxy groups -OCH3 is 3. The summed E-state index contributed by atoms with van der Waals surface area (Å²) < 4.78 is 21.7. The summed E-state index contributed by atoms with van der Waals surface area (Å²) in [5.41, 5.74) is 4.09. The number of hydrogen-bond acceptors (Lipinski definition) is 6. The first-order valence-electron chi connectivity index (χ1n) is 10.5. The molecule has 2 aromatic carbocycles. The van der Waals surface area contributed by atoms with Crippen LogP contribution < -0.4 is 19.8 Å². The zero-order valence-corrected chi connectivity index (χ0v) is 19.0. The van der Waals surface area contributed by atoms with Crippen molar-refractivity contribution in [1.29, 1.82) is 0 Å². The summed E-state index contributed by atoms with van der Waals surface area (Å²) >= 11 is 0. The van der Waals surface area contributed by atoms with Crippen molar-refractivity contribution in [2.45, 2.75) is 33.2 Å². The number of carbonyl (C=O) groups excluding carboxylic acids is 1. The lowest BCUT2D eigenvalue weighted by Crippen LogP contribution is -2.37. The standard InChI is InChI=1S/C25H27NO6/c1-14-18-6-7-20(29-3)15(2)24(18)32-25(28)19(14)12-23(27)26-9-8-16-10-21(30-4)22(31-5)11-17(16)13-26/h6-7,10-11H,8-9,12-13H2,1-5H3. The molecular formula is C25H27NO6. The van der Waals surface area contributed by atoms with Crippen LogP contribution in [0.2, 0.25) is 0 Å². The molecule has 0 fully saturated rings. The Balaban J connectivity index is 1.62. The van der Waals surface area contributed by atoms with Gasteiger partial charge in [-0.15, -0.1) is 0 Å². The Kier molecular flexibility index (Phi) is 5.82. The van der Waals surface area contributed by atoms with E-state index < -0.39 is 5.63 Å². The number of fused-ring (bicyclic) bond motifs is 2. The van der Waals surface area contributed by atoms with Gasteiger partial charge in [0.2, 0.25) is 5.91 Å². The largest absolute Gasteiger partial charge is 0.496 e. The van der Waals surface area contributed by atoms with Gasteiger partial charge in [0.15, 0.2) is 11.5 Å². The summed E-state index contributed by atoms with van der Waals surface area (Å²) in [4.78, 5) is 27.7. The van der Waals surface area contributed by atoms with Gasteiger partial charge in [0, 0.05) is 24.0 Å². The van der Waals surface area contributed by atoms with E-state index in [2.05, 4.69) is 0 Å². The molecule has 32 heavy (non-hydrogen) atoms. The molecule has 0 radical (unpaired) electrons. The summed E-state index contributed by atoms with van der Waals surface area (Å²) in [5.74, 6) is 1.87. The summed E-state index contributed by atoms with van der Waals surface area (Å²) in [6, 6.07) is 7.60. The molecule has 0 saturated heterocycles. The Hall–Kier alpha value is -3.48. The molecule has 1 amide bonds. The van der Waals surface area contributed by atoms with Gasteiger partial charge in [-0.3, -0.25) is 4.79 Å². The molecule has 0 saturated carbocycles. The van der Waals surface area contributed by atoms with E-state index in [1.807, 2.05) is 38.1 Å². The highest BCUT2D eigenvalue weighted by Crippen LogP contribution is 2.34. The summed E-state index contributed by atoms with van der Waals surface area (Å²) in [6.45, 7) is 4.75. The van der Waals surface area contributed by atoms with Gasteiger partial charge in [0.1, 0.15) is 11.3 Å². The van der Waals surface area contributed by atoms with Crippen molar-refractivity contribution >= 4 is 16.9 Å². The van der Waals surface area contributed by atoms with Crippen LogP contribution in [0.4, 0.5) is 0 Å². The highest BCUT2D eigenvalue weighted by molar-refractivity contribution is 5.87. The van der Waals surface area contributed by atoms with E-state index in [0.717, 1.165) is 27.6 Å². The molecule has 0 N–H and O–H groups in total. The maximum absolute atomic E-state index is 13.1. The Morgan fingerprint density at radius 3 is 2.28 bits per heavy atom. The molecular weight excluding hydrogens is 410 g/mol. The first kappa shape index (κ1) is 21.7. The predicted molar refractivity (Wildman–Crippen MR) is 121 cm³/mol. The molecule has 1 aliphatic rings. The highest BCUT2D eigenvalue weighted by atomic mass is 16.5. The average Bonchev–Trinajstić information content (AvgIpc) is 2.80. The van der Waals surface area contributed by atoms with Crippen molar-refractivity contribution in [2.75, 3.05) is 27.9 Å². The molecule has 7 heteroatoms. The normalized spacial score (nSPS) is 13.1. The quantitative estimate of drug-likeness (QED) is 0.568. The van der Waals surface area contributed by atoms with Crippen molar-refractivity contribution < 1.29 is 23.4 Å². The van der Waals surface area contributed by atoms with Gasteiger partial charge in [-0.05, 0) is 61.2 Å². The van der Waals surface area contributed by atoms with Gasteiger partial charge >= 0.3 is 5.63 Å². The van der Waals surface area contributed by atoms with E-state index >= 15 is 0 Å². The molecule has 4 rings (SSSR count). The summed E-state index contributed by atoms with van der Waals surface area (Å²) in [5, 5.41) is 0.812. The van der Waals surface area contributed by atoms with E-state index in [-0.39, 0.29) is 12.3 Å². The van der Waals surface area contributed by atoms with Crippen molar-refractivity contribution in [2.24, 2.45) is 0 Å². The minimum Gasteiger partial charge on any atom is -0.496 e. The number of nitrogens with zero attached hydrogens (tertiary/aromatic N) is 1. The third kappa shape index (κ3) is 3.68. The van der Waals surface area contributed by atoms with Gasteiger partial charge in [-0.25, -0.2) is 4.79 Å². The molecule has 1 aromatic heterocycles. The van der Waals surface area contributed by atoms with Crippen LogP contribution >= 0.6 is 0 Å². The monoisotopic (exact) mass is 437 g/mol. The molecule has 0 aliphatic carbocycles. The van der Waals surface area contributed by atoms with Gasteiger partial charge in [0.25, 0.3) is 0 Å². The zero-order valence-electron chi connectivity index (χ0n) is 19.0. The minimum absolute atomic E-state index is 0.00218. The van der Waals surface area contributed by atoms with Crippen LogP contribution in [0, 0.1) is 13.8 Å². The number of amides is 1. The third-order valence-electron chi connectivity index (χ3n) is 6.27. The molecule has 0 atom stereocenters. The maximum Gasteiger partial charge on any atom is 0.340 e. The number of ether oxygens (including phenoxy) is 3. The van der Waals surface area contributed by atoms with E-state index in [1.54, 1.807) is 26.2 Å². The molecule has 168 valence electrons. The molecule has 1 aliphatic heterocycles. The smallest absolute Gasteiger partial charge is 0.340 e. The topological polar surface area (TPSA) is 78.2 Å². The Labute approximate surface area is 186 Å². The van der Waals surface area contributed by atoms with Crippen LogP contribution in [0.1, 0.15) is 27.8 Å². The van der Waals surface area contributed by atoms with Crippen molar-refractivity contribution in [1.82, 2.24) is 4.90 Å². The molecule has 7 nitrogen and oxygen atoms in total. The Morgan fingerprint density at radius 2 is 1.62 bits per heavy atom. The van der Waals surface area contributed by atoms with Crippen LogP contribution in [0.15, 0.2) is 33.5 Å². The molecule has 3 aromatic rings. The second kappa shape index (κ2) is 8.57. The Bertz CT molecular complexity index is 1260. The maximum atomic E-state index is 13.1. The lowest BCUT2D eigenvalue weighted by molar-refractivity contribution is -0.131. The van der Waals surface area contributed by atoms with E-state index in [1.165, 1.54) is 0 Å². The third-order valence-corrected chi connectivity index (χ3v) is 6.27. The lowest BCUT2D eigenvalue weighted by Gasteiger charge is -2.30. The molecule has 2 heterocycles. The van der Waals surface area contributed by atoms with Crippen LogP contribution in [0.25, 0.3) is 11.0 Å². The molecule has 0 spiro atoms. The average molecular weight is 437 g/mol. The number of hydrogen-bond donors (Lipinski definition) is 0. The van der Waals surface area contributed by atoms with Gasteiger partial charge in [-0.1, -0.05) is 0 Å². The van der Waals surface area contributed by atoms with E-state index in [0.29, 0.717) is 47.9 Å². The first-order chi connectivity index (χ1) is 15.4. The van der Waals surface area contributed by atoms with E-state index in [9.17, 15) is 9.59 Å². The van der Waals surface area contributed by atoms with Crippen LogP contribution in [-0.2, 0) is 24.2 Å². The number of rotatable bonds is 5. The summed E-state index contributed by atoms with van der Waals surface area (Å²) in [7, 11) is 4.78. The lowest BCUT2D eigenvalue weighted by atomic mass is 9.97. The zero-order chi connectivity index (χ0) is 23.0. The second-order valence-corrected chi connectivity index (χ2v) is 7.98. The van der Waals surface area contributed by atoms with Crippen molar-refractivity contribution in [3.8, 4) is 17.2 Å². The highest BCUT2D eigenvalue weighted by Gasteiger charge is 2.25. The second-order valence-electron chi connectivity index (χ2n) is 7.98. The van der Waals surface area contributed by atoms with Crippen molar-refractivity contribution in [3.05, 3.63) is 62.5 Å². The van der Waals surface area contributed by atoms with Crippen LogP contribution in [0.5, 0.6) is 17.2 Å². The minimum atomic E-state index is -0.483. The van der Waals surface area contributed by atoms with Gasteiger partial charge in [-0.2, -0.15) is 0 Å². The molecule has 0 bridgehead atoms. The van der Waals surface area contributed by atoms with Crippen LogP contribution in [-0.4, -0.2) is 38.7 Å². The van der Waals surface area contributed by atoms with Gasteiger partial charge in [0.05, 0.1) is 33.3 Å². The van der Waals surface area contributed by atoms with Crippen molar-refractivity contribution in [3.63, 3.8) is 0 Å². The fourth-order valence-corrected chi connectivity index (χ4v) is 4.36. The first-order valence-corrected chi connectivity index (χ1v) is 10.5. The predicted octanol–water partition coefficient (Wildman–Crippen LogP) is 3.56. The van der Waals surface area contributed by atoms with E-state index in [4.69, 9.17) is 18.6 Å². The van der Waals surface area contributed by atoms with Crippen LogP contribution in [0.3, 0.4) is 0 Å².